The van der Waals surface area contributed by atoms with Crippen molar-refractivity contribution in [2.75, 3.05) is 0 Å². The molecule has 0 bridgehead atoms. The topological polar surface area (TPSA) is 17.8 Å². The smallest absolute Gasteiger partial charge is 0.0849 e. The van der Waals surface area contributed by atoms with Crippen LogP contribution in [0.15, 0.2) is 0 Å². The van der Waals surface area contributed by atoms with E-state index in [2.05, 4.69) is 32.8 Å². The van der Waals surface area contributed by atoms with Crippen LogP contribution >= 0.6 is 11.6 Å². The Labute approximate surface area is 84.9 Å². The van der Waals surface area contributed by atoms with Crippen molar-refractivity contribution in [3.63, 3.8) is 0 Å². The van der Waals surface area contributed by atoms with Gasteiger partial charge in [-0.2, -0.15) is 5.10 Å². The molecule has 0 atom stereocenters. The van der Waals surface area contributed by atoms with Crippen LogP contribution in [-0.4, -0.2) is 9.78 Å². The van der Waals surface area contributed by atoms with Crippen molar-refractivity contribution in [1.82, 2.24) is 9.78 Å². The van der Waals surface area contributed by atoms with Crippen molar-refractivity contribution in [2.45, 2.75) is 46.6 Å². The highest BCUT2D eigenvalue weighted by Gasteiger charge is 2.16. The van der Waals surface area contributed by atoms with Gasteiger partial charge in [0.1, 0.15) is 0 Å². The van der Waals surface area contributed by atoms with Gasteiger partial charge in [-0.1, -0.05) is 25.4 Å². The van der Waals surface area contributed by atoms with Crippen LogP contribution in [0.5, 0.6) is 0 Å². The van der Waals surface area contributed by atoms with E-state index < -0.39 is 0 Å². The normalized spacial score (nSPS) is 11.7. The molecule has 1 rings (SSSR count). The molecule has 0 aliphatic carbocycles. The summed E-state index contributed by atoms with van der Waals surface area (Å²) in [7, 11) is 0. The molecule has 3 heteroatoms. The number of aromatic nitrogens is 2. The third-order valence-electron chi connectivity index (χ3n) is 2.14. The second kappa shape index (κ2) is 3.70. The molecule has 0 aliphatic rings. The lowest BCUT2D eigenvalue weighted by molar-refractivity contribution is 0.511. The van der Waals surface area contributed by atoms with E-state index in [0.29, 0.717) is 12.0 Å². The van der Waals surface area contributed by atoms with Crippen molar-refractivity contribution in [2.24, 2.45) is 0 Å². The minimum atomic E-state index is 0.380. The zero-order valence-electron chi connectivity index (χ0n) is 8.93. The molecule has 0 spiro atoms. The Hall–Kier alpha value is -0.500. The molecule has 0 N–H and O–H groups in total. The van der Waals surface area contributed by atoms with Crippen molar-refractivity contribution >= 4 is 11.6 Å². The predicted molar refractivity (Wildman–Crippen MR) is 56.4 cm³/mol. The van der Waals surface area contributed by atoms with E-state index in [1.165, 1.54) is 0 Å². The molecule has 0 unspecified atom stereocenters. The highest BCUT2D eigenvalue weighted by molar-refractivity contribution is 6.31. The molecule has 1 heterocycles. The molecule has 13 heavy (non-hydrogen) atoms. The largest absolute Gasteiger partial charge is 0.266 e. The Morgan fingerprint density at radius 1 is 1.23 bits per heavy atom. The van der Waals surface area contributed by atoms with Crippen LogP contribution < -0.4 is 0 Å². The second-order valence-electron chi connectivity index (χ2n) is 3.98. The number of rotatable bonds is 2. The van der Waals surface area contributed by atoms with Crippen molar-refractivity contribution < 1.29 is 0 Å². The zero-order valence-corrected chi connectivity index (χ0v) is 9.68. The average Bonchev–Trinajstić information content (AvgIpc) is 2.29. The maximum atomic E-state index is 6.17. The van der Waals surface area contributed by atoms with Gasteiger partial charge in [0.2, 0.25) is 0 Å². The summed E-state index contributed by atoms with van der Waals surface area (Å²) in [5, 5.41) is 5.32. The van der Waals surface area contributed by atoms with Crippen molar-refractivity contribution in [3.8, 4) is 0 Å². The molecule has 1 aromatic rings. The molecule has 0 saturated carbocycles. The van der Waals surface area contributed by atoms with Crippen molar-refractivity contribution in [1.29, 1.82) is 0 Å². The van der Waals surface area contributed by atoms with Crippen LogP contribution in [0.2, 0.25) is 5.02 Å². The molecule has 0 saturated heterocycles. The fourth-order valence-corrected chi connectivity index (χ4v) is 1.74. The lowest BCUT2D eigenvalue weighted by Gasteiger charge is -2.07. The fourth-order valence-electron chi connectivity index (χ4n) is 1.39. The standard InChI is InChI=1S/C10H17ClN2/c1-6(2)10-9(11)8(5)13(12-10)7(3)4/h6-7H,1-5H3. The summed E-state index contributed by atoms with van der Waals surface area (Å²) in [6, 6.07) is 0.380. The van der Waals surface area contributed by atoms with E-state index >= 15 is 0 Å². The molecule has 0 aromatic carbocycles. The second-order valence-corrected chi connectivity index (χ2v) is 4.36. The van der Waals surface area contributed by atoms with E-state index in [0.717, 1.165) is 16.4 Å². The van der Waals surface area contributed by atoms with Gasteiger partial charge in [0.15, 0.2) is 0 Å². The Kier molecular flexibility index (Phi) is 3.01. The van der Waals surface area contributed by atoms with Gasteiger partial charge < -0.3 is 0 Å². The van der Waals surface area contributed by atoms with Gasteiger partial charge in [0.25, 0.3) is 0 Å². The van der Waals surface area contributed by atoms with E-state index in [1.54, 1.807) is 0 Å². The predicted octanol–water partition coefficient (Wildman–Crippen LogP) is 3.55. The molecule has 1 aromatic heterocycles. The Morgan fingerprint density at radius 2 is 1.77 bits per heavy atom. The molecule has 2 nitrogen and oxygen atoms in total. The Morgan fingerprint density at radius 3 is 2.00 bits per heavy atom. The van der Waals surface area contributed by atoms with Gasteiger partial charge in [-0.15, -0.1) is 0 Å². The third kappa shape index (κ3) is 1.88. The summed E-state index contributed by atoms with van der Waals surface area (Å²) in [5.41, 5.74) is 2.08. The Bertz CT molecular complexity index is 272. The summed E-state index contributed by atoms with van der Waals surface area (Å²) in [5.74, 6) is 0.395. The first-order valence-electron chi connectivity index (χ1n) is 4.69. The number of hydrogen-bond acceptors (Lipinski definition) is 1. The molecule has 0 fully saturated rings. The minimum Gasteiger partial charge on any atom is -0.266 e. The first kappa shape index (κ1) is 10.6. The molecule has 0 aliphatic heterocycles. The first-order chi connectivity index (χ1) is 5.95. The molecule has 0 amide bonds. The van der Waals surface area contributed by atoms with Gasteiger partial charge in [0, 0.05) is 6.04 Å². The molecule has 74 valence electrons. The maximum Gasteiger partial charge on any atom is 0.0849 e. The highest BCUT2D eigenvalue weighted by atomic mass is 35.5. The summed E-state index contributed by atoms with van der Waals surface area (Å²) < 4.78 is 1.98. The van der Waals surface area contributed by atoms with Gasteiger partial charge in [-0.05, 0) is 26.7 Å². The summed E-state index contributed by atoms with van der Waals surface area (Å²) in [6.45, 7) is 10.5. The van der Waals surface area contributed by atoms with Crippen LogP contribution in [0, 0.1) is 6.92 Å². The SMILES string of the molecule is Cc1c(Cl)c(C(C)C)nn1C(C)C. The van der Waals surface area contributed by atoms with Crippen LogP contribution in [0.1, 0.15) is 51.0 Å². The third-order valence-corrected chi connectivity index (χ3v) is 2.60. The van der Waals surface area contributed by atoms with E-state index in [1.807, 2.05) is 11.6 Å². The van der Waals surface area contributed by atoms with Crippen LogP contribution in [0.3, 0.4) is 0 Å². The van der Waals surface area contributed by atoms with Gasteiger partial charge >= 0.3 is 0 Å². The fraction of sp³-hybridized carbons (Fsp3) is 0.700. The van der Waals surface area contributed by atoms with Gasteiger partial charge in [-0.3, -0.25) is 4.68 Å². The summed E-state index contributed by atoms with van der Waals surface area (Å²) in [4.78, 5) is 0. The van der Waals surface area contributed by atoms with Gasteiger partial charge in [-0.25, -0.2) is 0 Å². The average molecular weight is 201 g/mol. The number of halogens is 1. The van der Waals surface area contributed by atoms with Crippen LogP contribution in [0.25, 0.3) is 0 Å². The van der Waals surface area contributed by atoms with E-state index in [9.17, 15) is 0 Å². The van der Waals surface area contributed by atoms with Crippen LogP contribution in [0.4, 0.5) is 0 Å². The van der Waals surface area contributed by atoms with Crippen molar-refractivity contribution in [3.05, 3.63) is 16.4 Å². The quantitative estimate of drug-likeness (QED) is 0.714. The van der Waals surface area contributed by atoms with E-state index in [-0.39, 0.29) is 0 Å². The lowest BCUT2D eigenvalue weighted by Crippen LogP contribution is -2.05. The summed E-state index contributed by atoms with van der Waals surface area (Å²) >= 11 is 6.17. The number of hydrogen-bond donors (Lipinski definition) is 0. The Balaban J connectivity index is 3.20. The minimum absolute atomic E-state index is 0.380. The summed E-state index contributed by atoms with van der Waals surface area (Å²) in [6.07, 6.45) is 0. The van der Waals surface area contributed by atoms with Gasteiger partial charge in [0.05, 0.1) is 16.4 Å². The first-order valence-corrected chi connectivity index (χ1v) is 5.07. The molecule has 0 radical (unpaired) electrons. The maximum absolute atomic E-state index is 6.17. The monoisotopic (exact) mass is 200 g/mol. The van der Waals surface area contributed by atoms with Crippen LogP contribution in [-0.2, 0) is 0 Å². The van der Waals surface area contributed by atoms with E-state index in [4.69, 9.17) is 11.6 Å². The lowest BCUT2D eigenvalue weighted by atomic mass is 10.1. The zero-order chi connectivity index (χ0) is 10.2. The highest BCUT2D eigenvalue weighted by Crippen LogP contribution is 2.27. The number of nitrogens with zero attached hydrogens (tertiary/aromatic N) is 2. The molecular formula is C10H17ClN2. The molecular weight excluding hydrogens is 184 g/mol.